The molecule has 0 saturated heterocycles. The van der Waals surface area contributed by atoms with Crippen molar-refractivity contribution in [2.24, 2.45) is 0 Å². The van der Waals surface area contributed by atoms with Gasteiger partial charge in [0.05, 0.1) is 26.4 Å². The van der Waals surface area contributed by atoms with E-state index in [0.717, 1.165) is 77.0 Å². The molecule has 0 radical (unpaired) electrons. The number of hydrogen-bond donors (Lipinski definition) is 3. The number of esters is 2. The zero-order chi connectivity index (χ0) is 39.1. The summed E-state index contributed by atoms with van der Waals surface area (Å²) in [5.74, 6) is -1.10. The van der Waals surface area contributed by atoms with E-state index in [1.807, 2.05) is 12.2 Å². The Bertz CT molecular complexity index is 1150. The fourth-order valence-corrected chi connectivity index (χ4v) is 5.38. The third kappa shape index (κ3) is 35.9. The van der Waals surface area contributed by atoms with E-state index in [4.69, 9.17) is 18.5 Å². The number of aliphatic hydroxyl groups is 2. The van der Waals surface area contributed by atoms with Crippen molar-refractivity contribution in [3.8, 4) is 0 Å². The Labute approximate surface area is 320 Å². The van der Waals surface area contributed by atoms with E-state index in [-0.39, 0.29) is 12.8 Å². The van der Waals surface area contributed by atoms with Crippen molar-refractivity contribution in [3.05, 3.63) is 85.1 Å². The lowest BCUT2D eigenvalue weighted by atomic mass is 10.1. The molecule has 0 heterocycles. The second kappa shape index (κ2) is 37.5. The number of hydrogen-bond acceptors (Lipinski definition) is 9. The van der Waals surface area contributed by atoms with Gasteiger partial charge in [-0.25, -0.2) is 4.57 Å². The molecular formula is C42H69O10P. The van der Waals surface area contributed by atoms with Crippen molar-refractivity contribution in [1.82, 2.24) is 0 Å². The normalized spacial score (nSPS) is 14.9. The first-order valence-corrected chi connectivity index (χ1v) is 21.0. The summed E-state index contributed by atoms with van der Waals surface area (Å²) in [6.07, 6.45) is 42.8. The molecule has 3 N–H and O–H groups in total. The summed E-state index contributed by atoms with van der Waals surface area (Å²) in [4.78, 5) is 34.4. The van der Waals surface area contributed by atoms with Crippen LogP contribution >= 0.6 is 7.82 Å². The molecule has 0 aromatic heterocycles. The minimum atomic E-state index is -4.66. The second-order valence-electron chi connectivity index (χ2n) is 12.5. The van der Waals surface area contributed by atoms with Gasteiger partial charge in [-0.15, -0.1) is 0 Å². The second-order valence-corrected chi connectivity index (χ2v) is 14.0. The highest BCUT2D eigenvalue weighted by Gasteiger charge is 2.27. The third-order valence-corrected chi connectivity index (χ3v) is 8.52. The predicted octanol–water partition coefficient (Wildman–Crippen LogP) is 9.88. The molecule has 0 bridgehead atoms. The molecule has 0 aliphatic rings. The van der Waals surface area contributed by atoms with Crippen LogP contribution in [0.1, 0.15) is 129 Å². The first-order valence-electron chi connectivity index (χ1n) is 19.5. The monoisotopic (exact) mass is 764 g/mol. The molecule has 0 amide bonds. The van der Waals surface area contributed by atoms with E-state index >= 15 is 0 Å². The maximum atomic E-state index is 12.3. The van der Waals surface area contributed by atoms with Gasteiger partial charge in [0, 0.05) is 12.8 Å². The largest absolute Gasteiger partial charge is 0.472 e. The lowest BCUT2D eigenvalue weighted by Gasteiger charge is -2.20. The number of ether oxygens (including phenoxy) is 2. The molecule has 0 aromatic rings. The lowest BCUT2D eigenvalue weighted by molar-refractivity contribution is -0.153. The topological polar surface area (TPSA) is 149 Å². The van der Waals surface area contributed by atoms with Gasteiger partial charge in [0.15, 0.2) is 0 Å². The highest BCUT2D eigenvalue weighted by Crippen LogP contribution is 2.43. The first-order chi connectivity index (χ1) is 25.8. The molecule has 0 aliphatic heterocycles. The number of phosphoric acid groups is 1. The molecule has 0 fully saturated rings. The quantitative estimate of drug-likeness (QED) is 0.0246. The van der Waals surface area contributed by atoms with Crippen molar-refractivity contribution >= 4 is 19.8 Å². The minimum absolute atomic E-state index is 0.108. The van der Waals surface area contributed by atoms with Crippen LogP contribution in [0.3, 0.4) is 0 Å². The fraction of sp³-hybridized carbons (Fsp3) is 0.619. The lowest BCUT2D eigenvalue weighted by Crippen LogP contribution is -2.28. The number of allylic oxidation sites excluding steroid dienone is 14. The van der Waals surface area contributed by atoms with Crippen LogP contribution in [-0.4, -0.2) is 65.7 Å². The van der Waals surface area contributed by atoms with Gasteiger partial charge in [-0.3, -0.25) is 18.6 Å². The van der Waals surface area contributed by atoms with Gasteiger partial charge in [0.25, 0.3) is 0 Å². The highest BCUT2D eigenvalue weighted by atomic mass is 31.2. The van der Waals surface area contributed by atoms with Crippen molar-refractivity contribution in [2.75, 3.05) is 26.4 Å². The van der Waals surface area contributed by atoms with E-state index in [2.05, 4.69) is 86.8 Å². The smallest absolute Gasteiger partial charge is 0.457 e. The van der Waals surface area contributed by atoms with Crippen LogP contribution in [0.5, 0.6) is 0 Å². The molecule has 10 nitrogen and oxygen atoms in total. The predicted molar refractivity (Wildman–Crippen MR) is 214 cm³/mol. The molecule has 0 aliphatic carbocycles. The Hall–Kier alpha value is -2.85. The van der Waals surface area contributed by atoms with E-state index < -0.39 is 58.4 Å². The number of aliphatic hydroxyl groups excluding tert-OH is 2. The third-order valence-electron chi connectivity index (χ3n) is 7.57. The van der Waals surface area contributed by atoms with Crippen LogP contribution in [0.15, 0.2) is 85.1 Å². The highest BCUT2D eigenvalue weighted by molar-refractivity contribution is 7.47. The molecule has 302 valence electrons. The molecule has 0 spiro atoms. The molecule has 0 aromatic carbocycles. The molecule has 0 rings (SSSR count). The van der Waals surface area contributed by atoms with Crippen LogP contribution in [0.2, 0.25) is 0 Å². The summed E-state index contributed by atoms with van der Waals surface area (Å²) in [6, 6.07) is 0. The summed E-state index contributed by atoms with van der Waals surface area (Å²) in [7, 11) is -4.66. The van der Waals surface area contributed by atoms with Crippen LogP contribution in [0.4, 0.5) is 0 Å². The summed E-state index contributed by atoms with van der Waals surface area (Å²) >= 11 is 0. The minimum Gasteiger partial charge on any atom is -0.457 e. The Morgan fingerprint density at radius 1 is 0.528 bits per heavy atom. The van der Waals surface area contributed by atoms with Gasteiger partial charge >= 0.3 is 19.8 Å². The van der Waals surface area contributed by atoms with Gasteiger partial charge in [0.2, 0.25) is 0 Å². The molecule has 3 atom stereocenters. The number of phosphoric ester groups is 1. The van der Waals surface area contributed by atoms with Crippen LogP contribution in [0.25, 0.3) is 0 Å². The van der Waals surface area contributed by atoms with E-state index in [1.165, 1.54) is 6.42 Å². The Morgan fingerprint density at radius 3 is 1.36 bits per heavy atom. The molecule has 3 unspecified atom stereocenters. The van der Waals surface area contributed by atoms with Crippen molar-refractivity contribution in [3.63, 3.8) is 0 Å². The van der Waals surface area contributed by atoms with Crippen molar-refractivity contribution < 1.29 is 47.8 Å². The Kier molecular flexibility index (Phi) is 35.5. The van der Waals surface area contributed by atoms with Gasteiger partial charge in [0.1, 0.15) is 12.2 Å². The Morgan fingerprint density at radius 2 is 0.906 bits per heavy atom. The van der Waals surface area contributed by atoms with E-state index in [1.54, 1.807) is 0 Å². The van der Waals surface area contributed by atoms with Crippen LogP contribution in [0, 0.1) is 0 Å². The summed E-state index contributed by atoms with van der Waals surface area (Å²) < 4.78 is 32.4. The van der Waals surface area contributed by atoms with E-state index in [0.29, 0.717) is 19.3 Å². The fourth-order valence-electron chi connectivity index (χ4n) is 4.60. The summed E-state index contributed by atoms with van der Waals surface area (Å²) in [5, 5.41) is 19.1. The molecule has 0 saturated carbocycles. The number of carbonyl (C=O) groups is 2. The van der Waals surface area contributed by atoms with Gasteiger partial charge in [-0.2, -0.15) is 0 Å². The van der Waals surface area contributed by atoms with Gasteiger partial charge < -0.3 is 24.6 Å². The summed E-state index contributed by atoms with van der Waals surface area (Å²) in [6.45, 7) is 1.91. The maximum absolute atomic E-state index is 12.3. The first kappa shape index (κ1) is 50.1. The van der Waals surface area contributed by atoms with Crippen LogP contribution < -0.4 is 0 Å². The van der Waals surface area contributed by atoms with Gasteiger partial charge in [-0.1, -0.05) is 125 Å². The average Bonchev–Trinajstić information content (AvgIpc) is 3.14. The number of unbranched alkanes of at least 4 members (excludes halogenated alkanes) is 7. The molecular weight excluding hydrogens is 695 g/mol. The van der Waals surface area contributed by atoms with Gasteiger partial charge in [-0.05, 0) is 77.0 Å². The average molecular weight is 765 g/mol. The van der Waals surface area contributed by atoms with Crippen molar-refractivity contribution in [2.45, 2.75) is 142 Å². The molecule has 11 heteroatoms. The zero-order valence-corrected chi connectivity index (χ0v) is 33.3. The van der Waals surface area contributed by atoms with Crippen molar-refractivity contribution in [1.29, 1.82) is 0 Å². The van der Waals surface area contributed by atoms with E-state index in [9.17, 15) is 29.3 Å². The SMILES string of the molecule is CC/C=C\C/C=C\C/C=C\C/C=C\C/C=C\CCCC(=O)OC(CO)COP(=O)(O)OCC(CO)OC(=O)CCCCCCC/C=C\C/C=C\CCC. The standard InChI is InChI=1S/C42H69O10P/c1-3-5-7-9-11-13-15-17-18-19-20-22-24-26-28-30-32-34-42(46)52-40(36-44)38-50-53(47,48)49-37-39(35-43)51-41(45)33-31-29-27-25-23-21-16-14-12-10-8-6-4-2/h5,7-8,10-11,13-14,16-18,20,22,26,28,39-40,43-44H,3-4,6,9,12,15,19,21,23-25,27,29-38H2,1-2H3,(H,47,48)/b7-5-,10-8-,13-11-,16-14-,18-17-,22-20-,28-26-. The number of rotatable bonds is 35. The molecule has 53 heavy (non-hydrogen) atoms. The maximum Gasteiger partial charge on any atom is 0.472 e. The Balaban J connectivity index is 4.10. The zero-order valence-electron chi connectivity index (χ0n) is 32.4. The van der Waals surface area contributed by atoms with Crippen LogP contribution in [-0.2, 0) is 32.7 Å². The summed E-state index contributed by atoms with van der Waals surface area (Å²) in [5.41, 5.74) is 0. The number of carbonyl (C=O) groups excluding carboxylic acids is 2.